The van der Waals surface area contributed by atoms with Crippen LogP contribution in [-0.2, 0) is 28.1 Å². The lowest BCUT2D eigenvalue weighted by molar-refractivity contribution is -0.127. The van der Waals surface area contributed by atoms with Crippen LogP contribution in [0.15, 0.2) is 72.8 Å². The molecule has 7 nitrogen and oxygen atoms in total. The van der Waals surface area contributed by atoms with E-state index in [1.807, 2.05) is 74.5 Å². The maximum Gasteiger partial charge on any atom is 0.315 e. The second kappa shape index (κ2) is 11.5. The molecule has 0 bridgehead atoms. The van der Waals surface area contributed by atoms with Gasteiger partial charge < -0.3 is 20.9 Å². The number of urea groups is 1. The third-order valence-electron chi connectivity index (χ3n) is 7.06. The SMILES string of the molecule is CCC(=O)N[C@@H]1CCc2ccccc2N(Cc2ccc(-c3ccccc3C(C)(C)NC(=O)NC)cc2)C1=O. The Kier molecular flexibility index (Phi) is 8.15. The van der Waals surface area contributed by atoms with Crippen molar-refractivity contribution >= 4 is 23.5 Å². The molecule has 0 aromatic heterocycles. The molecular formula is C31H36N4O3. The molecule has 38 heavy (non-hydrogen) atoms. The summed E-state index contributed by atoms with van der Waals surface area (Å²) < 4.78 is 0. The zero-order chi connectivity index (χ0) is 27.3. The Bertz CT molecular complexity index is 1320. The highest BCUT2D eigenvalue weighted by Gasteiger charge is 2.31. The molecule has 0 unspecified atom stereocenters. The van der Waals surface area contributed by atoms with Gasteiger partial charge in [0.1, 0.15) is 6.04 Å². The smallest absolute Gasteiger partial charge is 0.315 e. The molecule has 0 saturated carbocycles. The minimum Gasteiger partial charge on any atom is -0.344 e. The van der Waals surface area contributed by atoms with Gasteiger partial charge in [-0.05, 0) is 60.6 Å². The van der Waals surface area contributed by atoms with E-state index in [0.717, 1.165) is 39.9 Å². The predicted octanol–water partition coefficient (Wildman–Crippen LogP) is 4.89. The number of fused-ring (bicyclic) bond motifs is 1. The van der Waals surface area contributed by atoms with Crippen LogP contribution >= 0.6 is 0 Å². The van der Waals surface area contributed by atoms with Crippen LogP contribution in [0.4, 0.5) is 10.5 Å². The third kappa shape index (κ3) is 5.88. The lowest BCUT2D eigenvalue weighted by Crippen LogP contribution is -2.47. The third-order valence-corrected chi connectivity index (χ3v) is 7.06. The second-order valence-corrected chi connectivity index (χ2v) is 10.1. The van der Waals surface area contributed by atoms with Gasteiger partial charge in [-0.1, -0.05) is 73.7 Å². The van der Waals surface area contributed by atoms with Gasteiger partial charge >= 0.3 is 6.03 Å². The molecule has 3 aromatic rings. The van der Waals surface area contributed by atoms with E-state index >= 15 is 0 Å². The van der Waals surface area contributed by atoms with Crippen LogP contribution in [0.2, 0.25) is 0 Å². The fourth-order valence-electron chi connectivity index (χ4n) is 4.97. The number of nitrogens with zero attached hydrogens (tertiary/aromatic N) is 1. The lowest BCUT2D eigenvalue weighted by atomic mass is 9.87. The molecule has 1 atom stereocenters. The van der Waals surface area contributed by atoms with Crippen LogP contribution in [0.3, 0.4) is 0 Å². The van der Waals surface area contributed by atoms with Crippen molar-refractivity contribution in [3.05, 3.63) is 89.5 Å². The van der Waals surface area contributed by atoms with E-state index < -0.39 is 11.6 Å². The molecule has 1 aliphatic heterocycles. The topological polar surface area (TPSA) is 90.5 Å². The Morgan fingerprint density at radius 2 is 1.66 bits per heavy atom. The quantitative estimate of drug-likeness (QED) is 0.421. The Morgan fingerprint density at radius 1 is 0.974 bits per heavy atom. The van der Waals surface area contributed by atoms with Gasteiger partial charge in [0.2, 0.25) is 11.8 Å². The van der Waals surface area contributed by atoms with Gasteiger partial charge in [-0.2, -0.15) is 0 Å². The van der Waals surface area contributed by atoms with E-state index in [1.54, 1.807) is 18.9 Å². The Balaban J connectivity index is 1.62. The molecule has 4 amide bonds. The van der Waals surface area contributed by atoms with Crippen molar-refractivity contribution < 1.29 is 14.4 Å². The molecule has 0 radical (unpaired) electrons. The molecule has 4 rings (SSSR count). The van der Waals surface area contributed by atoms with Crippen molar-refractivity contribution in [1.82, 2.24) is 16.0 Å². The molecule has 0 fully saturated rings. The first kappa shape index (κ1) is 26.9. The van der Waals surface area contributed by atoms with Crippen molar-refractivity contribution in [1.29, 1.82) is 0 Å². The van der Waals surface area contributed by atoms with Crippen molar-refractivity contribution in [2.24, 2.45) is 0 Å². The normalized spacial score (nSPS) is 15.3. The monoisotopic (exact) mass is 512 g/mol. The summed E-state index contributed by atoms with van der Waals surface area (Å²) in [5.41, 5.74) is 5.44. The summed E-state index contributed by atoms with van der Waals surface area (Å²) in [5.74, 6) is -0.209. The van der Waals surface area contributed by atoms with Gasteiger partial charge in [-0.15, -0.1) is 0 Å². The number of amides is 4. The number of carbonyl (C=O) groups is 3. The molecule has 1 heterocycles. The molecule has 198 valence electrons. The van der Waals surface area contributed by atoms with E-state index in [9.17, 15) is 14.4 Å². The van der Waals surface area contributed by atoms with Gasteiger partial charge in [0.15, 0.2) is 0 Å². The maximum absolute atomic E-state index is 13.6. The molecule has 7 heteroatoms. The number of aryl methyl sites for hydroxylation is 1. The molecule has 3 aromatic carbocycles. The fraction of sp³-hybridized carbons (Fsp3) is 0.323. The number of hydrogen-bond donors (Lipinski definition) is 3. The number of para-hydroxylation sites is 1. The van der Waals surface area contributed by atoms with Crippen molar-refractivity contribution in [3.63, 3.8) is 0 Å². The van der Waals surface area contributed by atoms with Crippen LogP contribution in [0.1, 0.15) is 50.3 Å². The first-order chi connectivity index (χ1) is 18.2. The minimum absolute atomic E-state index is 0.0896. The molecule has 1 aliphatic rings. The van der Waals surface area contributed by atoms with Crippen molar-refractivity contribution in [2.75, 3.05) is 11.9 Å². The molecule has 0 saturated heterocycles. The van der Waals surface area contributed by atoms with Gasteiger partial charge in [-0.3, -0.25) is 9.59 Å². The summed E-state index contributed by atoms with van der Waals surface area (Å²) in [5, 5.41) is 8.55. The molecule has 0 spiro atoms. The Hall–Kier alpha value is -4.13. The first-order valence-electron chi connectivity index (χ1n) is 13.1. The zero-order valence-corrected chi connectivity index (χ0v) is 22.5. The number of anilines is 1. The molecule has 0 aliphatic carbocycles. The Morgan fingerprint density at radius 3 is 2.37 bits per heavy atom. The van der Waals surface area contributed by atoms with E-state index in [0.29, 0.717) is 19.4 Å². The zero-order valence-electron chi connectivity index (χ0n) is 22.5. The van der Waals surface area contributed by atoms with Gasteiger partial charge in [0.25, 0.3) is 0 Å². The summed E-state index contributed by atoms with van der Waals surface area (Å²) in [6.45, 7) is 6.15. The summed E-state index contributed by atoms with van der Waals surface area (Å²) >= 11 is 0. The van der Waals surface area contributed by atoms with E-state index in [1.165, 1.54) is 0 Å². The van der Waals surface area contributed by atoms with Crippen molar-refractivity contribution in [3.8, 4) is 11.1 Å². The van der Waals surface area contributed by atoms with Crippen molar-refractivity contribution in [2.45, 2.75) is 58.2 Å². The number of nitrogens with one attached hydrogen (secondary N) is 3. The van der Waals surface area contributed by atoms with Crippen LogP contribution in [0.5, 0.6) is 0 Å². The predicted molar refractivity (Wildman–Crippen MR) is 151 cm³/mol. The second-order valence-electron chi connectivity index (χ2n) is 10.1. The first-order valence-corrected chi connectivity index (χ1v) is 13.1. The standard InChI is InChI=1S/C31H36N4O3/c1-5-28(36)33-26-19-18-23-10-6-9-13-27(23)35(29(26)37)20-21-14-16-22(17-15-21)24-11-7-8-12-25(24)31(2,3)34-30(38)32-4/h6-17,26H,5,18-20H2,1-4H3,(H,33,36)(H2,32,34,38)/t26-/m1/s1. The minimum atomic E-state index is -0.588. The van der Waals surface area contributed by atoms with Crippen LogP contribution in [-0.4, -0.2) is 30.9 Å². The van der Waals surface area contributed by atoms with E-state index in [2.05, 4.69) is 28.1 Å². The fourth-order valence-corrected chi connectivity index (χ4v) is 4.97. The summed E-state index contributed by atoms with van der Waals surface area (Å²) in [4.78, 5) is 39.5. The lowest BCUT2D eigenvalue weighted by Gasteiger charge is -2.29. The van der Waals surface area contributed by atoms with Crippen LogP contribution in [0, 0.1) is 0 Å². The molecule has 3 N–H and O–H groups in total. The number of benzene rings is 3. The number of hydrogen-bond acceptors (Lipinski definition) is 3. The largest absolute Gasteiger partial charge is 0.344 e. The number of carbonyl (C=O) groups excluding carboxylic acids is 3. The number of rotatable bonds is 7. The maximum atomic E-state index is 13.6. The van der Waals surface area contributed by atoms with Crippen LogP contribution in [0.25, 0.3) is 11.1 Å². The van der Waals surface area contributed by atoms with E-state index in [4.69, 9.17) is 0 Å². The highest BCUT2D eigenvalue weighted by molar-refractivity contribution is 6.00. The van der Waals surface area contributed by atoms with Gasteiger partial charge in [0, 0.05) is 19.2 Å². The average molecular weight is 513 g/mol. The summed E-state index contributed by atoms with van der Waals surface area (Å²) in [6.07, 6.45) is 1.64. The van der Waals surface area contributed by atoms with E-state index in [-0.39, 0.29) is 17.8 Å². The van der Waals surface area contributed by atoms with Gasteiger partial charge in [-0.25, -0.2) is 4.79 Å². The van der Waals surface area contributed by atoms with Gasteiger partial charge in [0.05, 0.1) is 12.1 Å². The molecular weight excluding hydrogens is 476 g/mol. The summed E-state index contributed by atoms with van der Waals surface area (Å²) in [6, 6.07) is 23.4. The summed E-state index contributed by atoms with van der Waals surface area (Å²) in [7, 11) is 1.60. The van der Waals surface area contributed by atoms with Crippen LogP contribution < -0.4 is 20.9 Å². The highest BCUT2D eigenvalue weighted by atomic mass is 16.2. The average Bonchev–Trinajstić information content (AvgIpc) is 3.05. The Labute approximate surface area is 224 Å². The highest BCUT2D eigenvalue weighted by Crippen LogP contribution is 2.33.